The van der Waals surface area contributed by atoms with Gasteiger partial charge in [-0.15, -0.1) is 0 Å². The average Bonchev–Trinajstić information content (AvgIpc) is 2.29. The molecule has 0 spiro atoms. The number of nitrogen functional groups attached to an aromatic ring is 1. The molecule has 1 aromatic rings. The van der Waals surface area contributed by atoms with Crippen LogP contribution in [0.2, 0.25) is 5.02 Å². The number of anilines is 1. The Kier molecular flexibility index (Phi) is 4.97. The number of carbonyl (C=O) groups excluding carboxylic acids is 2. The summed E-state index contributed by atoms with van der Waals surface area (Å²) in [7, 11) is 0. The van der Waals surface area contributed by atoms with Crippen molar-refractivity contribution in [2.24, 2.45) is 0 Å². The summed E-state index contributed by atoms with van der Waals surface area (Å²) in [5.74, 6) is -1.04. The highest BCUT2D eigenvalue weighted by atomic mass is 35.5. The summed E-state index contributed by atoms with van der Waals surface area (Å²) in [4.78, 5) is 23.0. The number of rotatable bonds is 4. The number of hydrogen-bond donors (Lipinski definition) is 2. The molecule has 6 heteroatoms. The molecule has 0 saturated carbocycles. The van der Waals surface area contributed by atoms with E-state index in [1.54, 1.807) is 12.1 Å². The van der Waals surface area contributed by atoms with Crippen LogP contribution in [0.25, 0.3) is 0 Å². The Labute approximate surface area is 110 Å². The number of nitrogens with one attached hydrogen (secondary N) is 1. The maximum Gasteiger partial charge on any atom is 0.340 e. The highest BCUT2D eigenvalue weighted by Crippen LogP contribution is 2.23. The number of amides is 1. The molecule has 0 atom stereocenters. The third-order valence-corrected chi connectivity index (χ3v) is 2.45. The molecule has 18 heavy (non-hydrogen) atoms. The zero-order valence-corrected chi connectivity index (χ0v) is 11.0. The van der Waals surface area contributed by atoms with Crippen molar-refractivity contribution in [3.05, 3.63) is 28.8 Å². The topological polar surface area (TPSA) is 81.4 Å². The minimum Gasteiger partial charge on any atom is -0.452 e. The lowest BCUT2D eigenvalue weighted by Gasteiger charge is -2.09. The maximum atomic E-state index is 11.7. The van der Waals surface area contributed by atoms with Crippen LogP contribution in [0.15, 0.2) is 18.2 Å². The van der Waals surface area contributed by atoms with Gasteiger partial charge in [-0.05, 0) is 26.0 Å². The van der Waals surface area contributed by atoms with Gasteiger partial charge in [0.05, 0.1) is 16.3 Å². The second-order valence-electron chi connectivity index (χ2n) is 4.01. The fraction of sp³-hybridized carbons (Fsp3) is 0.333. The third-order valence-electron chi connectivity index (χ3n) is 2.03. The minimum atomic E-state index is -0.675. The molecule has 0 aliphatic rings. The second-order valence-corrected chi connectivity index (χ2v) is 4.39. The first kappa shape index (κ1) is 14.3. The fourth-order valence-corrected chi connectivity index (χ4v) is 1.48. The third kappa shape index (κ3) is 3.92. The van der Waals surface area contributed by atoms with E-state index in [0.29, 0.717) is 0 Å². The number of hydrogen-bond acceptors (Lipinski definition) is 4. The molecule has 0 aliphatic heterocycles. The Balaban J connectivity index is 2.61. The van der Waals surface area contributed by atoms with Gasteiger partial charge in [-0.1, -0.05) is 17.7 Å². The molecule has 0 heterocycles. The normalized spacial score (nSPS) is 10.2. The van der Waals surface area contributed by atoms with E-state index < -0.39 is 5.97 Å². The van der Waals surface area contributed by atoms with Crippen molar-refractivity contribution in [2.45, 2.75) is 19.9 Å². The summed E-state index contributed by atoms with van der Waals surface area (Å²) in [5.41, 5.74) is 6.00. The number of carbonyl (C=O) groups is 2. The van der Waals surface area contributed by atoms with Crippen molar-refractivity contribution in [3.8, 4) is 0 Å². The summed E-state index contributed by atoms with van der Waals surface area (Å²) < 4.78 is 4.84. The van der Waals surface area contributed by atoms with E-state index in [2.05, 4.69) is 5.32 Å². The van der Waals surface area contributed by atoms with E-state index in [4.69, 9.17) is 22.1 Å². The molecule has 1 rings (SSSR count). The number of nitrogens with two attached hydrogens (primary N) is 1. The molecule has 0 radical (unpaired) electrons. The van der Waals surface area contributed by atoms with E-state index in [9.17, 15) is 9.59 Å². The first-order valence-corrected chi connectivity index (χ1v) is 5.80. The lowest BCUT2D eigenvalue weighted by atomic mass is 10.2. The van der Waals surface area contributed by atoms with Crippen LogP contribution in [0.5, 0.6) is 0 Å². The van der Waals surface area contributed by atoms with Crippen LogP contribution < -0.4 is 11.1 Å². The smallest absolute Gasteiger partial charge is 0.340 e. The van der Waals surface area contributed by atoms with Crippen LogP contribution in [-0.2, 0) is 9.53 Å². The molecular formula is C12H15ClN2O3. The fourth-order valence-electron chi connectivity index (χ4n) is 1.28. The molecule has 0 bridgehead atoms. The van der Waals surface area contributed by atoms with E-state index in [0.717, 1.165) is 0 Å². The van der Waals surface area contributed by atoms with Crippen molar-refractivity contribution in [1.29, 1.82) is 0 Å². The van der Waals surface area contributed by atoms with Crippen LogP contribution >= 0.6 is 11.6 Å². The van der Waals surface area contributed by atoms with Crippen molar-refractivity contribution in [3.63, 3.8) is 0 Å². The van der Waals surface area contributed by atoms with Gasteiger partial charge in [0.1, 0.15) is 0 Å². The molecule has 98 valence electrons. The van der Waals surface area contributed by atoms with Crippen molar-refractivity contribution in [2.75, 3.05) is 12.3 Å². The predicted octanol–water partition coefficient (Wildman–Crippen LogP) is 1.60. The standard InChI is InChI=1S/C12H15ClN2O3/c1-7(2)15-10(16)6-18-12(17)8-4-3-5-9(14)11(8)13/h3-5,7H,6,14H2,1-2H3,(H,15,16). The molecule has 0 aromatic heterocycles. The summed E-state index contributed by atoms with van der Waals surface area (Å²) in [6.45, 7) is 3.28. The van der Waals surface area contributed by atoms with Crippen LogP contribution in [0.4, 0.5) is 5.69 Å². The monoisotopic (exact) mass is 270 g/mol. The van der Waals surface area contributed by atoms with Crippen LogP contribution in [0.1, 0.15) is 24.2 Å². The maximum absolute atomic E-state index is 11.7. The number of esters is 1. The Bertz CT molecular complexity index is 461. The van der Waals surface area contributed by atoms with Crippen LogP contribution in [0.3, 0.4) is 0 Å². The summed E-state index contributed by atoms with van der Waals surface area (Å²) in [6.07, 6.45) is 0. The molecule has 1 amide bonds. The molecule has 0 aliphatic carbocycles. The van der Waals surface area contributed by atoms with Crippen LogP contribution in [-0.4, -0.2) is 24.5 Å². The van der Waals surface area contributed by atoms with Crippen molar-refractivity contribution in [1.82, 2.24) is 5.32 Å². The molecular weight excluding hydrogens is 256 g/mol. The van der Waals surface area contributed by atoms with Gasteiger partial charge in [-0.2, -0.15) is 0 Å². The molecule has 0 saturated heterocycles. The first-order valence-electron chi connectivity index (χ1n) is 5.42. The quantitative estimate of drug-likeness (QED) is 0.643. The first-order chi connectivity index (χ1) is 8.41. The van der Waals surface area contributed by atoms with Crippen molar-refractivity contribution < 1.29 is 14.3 Å². The number of benzene rings is 1. The largest absolute Gasteiger partial charge is 0.452 e. The molecule has 1 aromatic carbocycles. The summed E-state index contributed by atoms with van der Waals surface area (Å²) >= 11 is 5.86. The van der Waals surface area contributed by atoms with E-state index >= 15 is 0 Å². The lowest BCUT2D eigenvalue weighted by Crippen LogP contribution is -2.34. The predicted molar refractivity (Wildman–Crippen MR) is 69.4 cm³/mol. The van der Waals surface area contributed by atoms with E-state index in [1.165, 1.54) is 6.07 Å². The number of ether oxygens (including phenoxy) is 1. The van der Waals surface area contributed by atoms with Gasteiger partial charge in [0.25, 0.3) is 5.91 Å². The van der Waals surface area contributed by atoms with Gasteiger partial charge in [0.15, 0.2) is 6.61 Å². The minimum absolute atomic E-state index is 0.00726. The average molecular weight is 271 g/mol. The highest BCUT2D eigenvalue weighted by molar-refractivity contribution is 6.36. The second kappa shape index (κ2) is 6.26. The zero-order chi connectivity index (χ0) is 13.7. The Morgan fingerprint density at radius 3 is 2.72 bits per heavy atom. The molecule has 0 fully saturated rings. The van der Waals surface area contributed by atoms with Gasteiger partial charge in [0.2, 0.25) is 0 Å². The van der Waals surface area contributed by atoms with Gasteiger partial charge < -0.3 is 15.8 Å². The molecule has 3 N–H and O–H groups in total. The zero-order valence-electron chi connectivity index (χ0n) is 10.2. The molecule has 5 nitrogen and oxygen atoms in total. The highest BCUT2D eigenvalue weighted by Gasteiger charge is 2.15. The SMILES string of the molecule is CC(C)NC(=O)COC(=O)c1cccc(N)c1Cl. The Morgan fingerprint density at radius 2 is 2.11 bits per heavy atom. The van der Waals surface area contributed by atoms with Gasteiger partial charge in [0, 0.05) is 6.04 Å². The lowest BCUT2D eigenvalue weighted by molar-refractivity contribution is -0.124. The van der Waals surface area contributed by atoms with Gasteiger partial charge in [-0.25, -0.2) is 4.79 Å². The number of halogens is 1. The van der Waals surface area contributed by atoms with E-state index in [1.807, 2.05) is 13.8 Å². The van der Waals surface area contributed by atoms with Crippen LogP contribution in [0, 0.1) is 0 Å². The van der Waals surface area contributed by atoms with Crippen molar-refractivity contribution >= 4 is 29.2 Å². The van der Waals surface area contributed by atoms with E-state index in [-0.39, 0.29) is 34.8 Å². The Morgan fingerprint density at radius 1 is 1.44 bits per heavy atom. The summed E-state index contributed by atoms with van der Waals surface area (Å²) in [6, 6.07) is 4.64. The summed E-state index contributed by atoms with van der Waals surface area (Å²) in [5, 5.41) is 2.73. The van der Waals surface area contributed by atoms with Gasteiger partial charge >= 0.3 is 5.97 Å². The Hall–Kier alpha value is -1.75. The van der Waals surface area contributed by atoms with Gasteiger partial charge in [-0.3, -0.25) is 4.79 Å². The molecule has 0 unspecified atom stereocenters.